The van der Waals surface area contributed by atoms with Crippen molar-refractivity contribution in [3.8, 4) is 0 Å². The maximum atomic E-state index is 13.4. The number of halogens is 2. The Bertz CT molecular complexity index is 968. The minimum atomic E-state index is -0.478. The van der Waals surface area contributed by atoms with Gasteiger partial charge in [-0.1, -0.05) is 11.6 Å². The maximum absolute atomic E-state index is 13.4. The molecule has 0 aliphatic carbocycles. The molecule has 0 bridgehead atoms. The summed E-state index contributed by atoms with van der Waals surface area (Å²) in [5.41, 5.74) is 1.77. The summed E-state index contributed by atoms with van der Waals surface area (Å²) >= 11 is 5.85. The van der Waals surface area contributed by atoms with E-state index in [9.17, 15) is 4.39 Å². The standard InChI is InChI=1S/C18H19ClFN7O/c19-13-9-12(1-2-14(13)20)25-17-16-15(23-11-24-17)10-22-18(26-16)21-3-4-27-5-7-28-8-6-27/h1-2,9-11H,3-8H2,(H,21,22,26)(H,23,24,25). The molecule has 3 aromatic rings. The van der Waals surface area contributed by atoms with E-state index in [4.69, 9.17) is 16.3 Å². The van der Waals surface area contributed by atoms with Crippen molar-refractivity contribution in [2.45, 2.75) is 0 Å². The number of morpholine rings is 1. The molecule has 0 amide bonds. The zero-order valence-corrected chi connectivity index (χ0v) is 15.8. The van der Waals surface area contributed by atoms with Crippen LogP contribution in [0.25, 0.3) is 11.0 Å². The number of nitrogens with one attached hydrogen (secondary N) is 2. The molecule has 1 saturated heterocycles. The Hall–Kier alpha value is -2.62. The van der Waals surface area contributed by atoms with E-state index in [1.807, 2.05) is 0 Å². The van der Waals surface area contributed by atoms with E-state index in [2.05, 4.69) is 35.5 Å². The summed E-state index contributed by atoms with van der Waals surface area (Å²) in [6.45, 7) is 5.01. The molecule has 4 rings (SSSR count). The summed E-state index contributed by atoms with van der Waals surface area (Å²) in [4.78, 5) is 19.6. The summed E-state index contributed by atoms with van der Waals surface area (Å²) in [5.74, 6) is 0.510. The van der Waals surface area contributed by atoms with Gasteiger partial charge in [0.05, 0.1) is 24.4 Å². The lowest BCUT2D eigenvalue weighted by atomic mass is 10.3. The average molecular weight is 404 g/mol. The first-order valence-corrected chi connectivity index (χ1v) is 9.30. The highest BCUT2D eigenvalue weighted by Crippen LogP contribution is 2.25. The first-order valence-electron chi connectivity index (χ1n) is 8.93. The highest BCUT2D eigenvalue weighted by molar-refractivity contribution is 6.31. The second-order valence-corrected chi connectivity index (χ2v) is 6.69. The molecule has 0 unspecified atom stereocenters. The Kier molecular flexibility index (Phi) is 5.75. The molecule has 8 nitrogen and oxygen atoms in total. The predicted octanol–water partition coefficient (Wildman–Crippen LogP) is 2.70. The summed E-state index contributed by atoms with van der Waals surface area (Å²) in [6.07, 6.45) is 3.06. The van der Waals surface area contributed by atoms with Gasteiger partial charge in [-0.15, -0.1) is 0 Å². The van der Waals surface area contributed by atoms with Crippen LogP contribution in [0.3, 0.4) is 0 Å². The summed E-state index contributed by atoms with van der Waals surface area (Å²) in [6, 6.07) is 4.37. The van der Waals surface area contributed by atoms with Gasteiger partial charge in [-0.3, -0.25) is 4.90 Å². The molecule has 0 spiro atoms. The number of rotatable bonds is 6. The van der Waals surface area contributed by atoms with E-state index in [1.54, 1.807) is 12.3 Å². The number of anilines is 3. The van der Waals surface area contributed by atoms with E-state index < -0.39 is 5.82 Å². The Labute approximate surface area is 166 Å². The van der Waals surface area contributed by atoms with Crippen LogP contribution in [0.15, 0.2) is 30.7 Å². The molecule has 146 valence electrons. The largest absolute Gasteiger partial charge is 0.379 e. The predicted molar refractivity (Wildman–Crippen MR) is 106 cm³/mol. The third-order valence-electron chi connectivity index (χ3n) is 4.37. The number of hydrogen-bond acceptors (Lipinski definition) is 8. The fraction of sp³-hybridized carbons (Fsp3) is 0.333. The summed E-state index contributed by atoms with van der Waals surface area (Å²) in [5, 5.41) is 6.37. The van der Waals surface area contributed by atoms with Crippen molar-refractivity contribution in [2.75, 3.05) is 50.0 Å². The molecule has 1 aromatic carbocycles. The van der Waals surface area contributed by atoms with Crippen LogP contribution >= 0.6 is 11.6 Å². The van der Waals surface area contributed by atoms with Crippen molar-refractivity contribution in [3.63, 3.8) is 0 Å². The highest BCUT2D eigenvalue weighted by atomic mass is 35.5. The zero-order chi connectivity index (χ0) is 19.3. The van der Waals surface area contributed by atoms with E-state index in [-0.39, 0.29) is 5.02 Å². The Morgan fingerprint density at radius 1 is 1.18 bits per heavy atom. The lowest BCUT2D eigenvalue weighted by Gasteiger charge is -2.26. The van der Waals surface area contributed by atoms with Crippen LogP contribution in [0, 0.1) is 5.82 Å². The van der Waals surface area contributed by atoms with Crippen molar-refractivity contribution in [1.82, 2.24) is 24.8 Å². The van der Waals surface area contributed by atoms with E-state index in [1.165, 1.54) is 18.5 Å². The molecule has 10 heteroatoms. The lowest BCUT2D eigenvalue weighted by Crippen LogP contribution is -2.39. The van der Waals surface area contributed by atoms with Gasteiger partial charge in [0, 0.05) is 31.9 Å². The molecule has 2 aromatic heterocycles. The molecule has 1 fully saturated rings. The molecule has 2 N–H and O–H groups in total. The van der Waals surface area contributed by atoms with E-state index in [0.717, 1.165) is 39.4 Å². The molecule has 0 saturated carbocycles. The van der Waals surface area contributed by atoms with Gasteiger partial charge in [-0.2, -0.15) is 0 Å². The van der Waals surface area contributed by atoms with Gasteiger partial charge in [-0.25, -0.2) is 24.3 Å². The summed E-state index contributed by atoms with van der Waals surface area (Å²) in [7, 11) is 0. The molecule has 28 heavy (non-hydrogen) atoms. The molecular formula is C18H19ClFN7O. The third-order valence-corrected chi connectivity index (χ3v) is 4.66. The first-order chi connectivity index (χ1) is 13.7. The number of hydrogen-bond donors (Lipinski definition) is 2. The quantitative estimate of drug-likeness (QED) is 0.649. The van der Waals surface area contributed by atoms with Crippen LogP contribution in [-0.4, -0.2) is 64.2 Å². The fourth-order valence-corrected chi connectivity index (χ4v) is 3.07. The van der Waals surface area contributed by atoms with Crippen LogP contribution in [0.5, 0.6) is 0 Å². The van der Waals surface area contributed by atoms with Crippen LogP contribution in [-0.2, 0) is 4.74 Å². The Balaban J connectivity index is 1.49. The molecule has 0 radical (unpaired) electrons. The SMILES string of the molecule is Fc1ccc(Nc2ncnc3cnc(NCCN4CCOCC4)nc23)cc1Cl. The van der Waals surface area contributed by atoms with E-state index in [0.29, 0.717) is 28.5 Å². The van der Waals surface area contributed by atoms with Gasteiger partial charge in [-0.05, 0) is 18.2 Å². The van der Waals surface area contributed by atoms with Gasteiger partial charge in [0.2, 0.25) is 5.95 Å². The van der Waals surface area contributed by atoms with Gasteiger partial charge in [0.1, 0.15) is 23.2 Å². The topological polar surface area (TPSA) is 88.1 Å². The van der Waals surface area contributed by atoms with Crippen molar-refractivity contribution in [3.05, 3.63) is 41.6 Å². The maximum Gasteiger partial charge on any atom is 0.223 e. The number of benzene rings is 1. The summed E-state index contributed by atoms with van der Waals surface area (Å²) < 4.78 is 18.7. The van der Waals surface area contributed by atoms with E-state index >= 15 is 0 Å². The second-order valence-electron chi connectivity index (χ2n) is 6.28. The lowest BCUT2D eigenvalue weighted by molar-refractivity contribution is 0.0398. The highest BCUT2D eigenvalue weighted by Gasteiger charge is 2.11. The molecule has 1 aliphatic heterocycles. The van der Waals surface area contributed by atoms with Crippen molar-refractivity contribution in [2.24, 2.45) is 0 Å². The van der Waals surface area contributed by atoms with Crippen LogP contribution in [0.2, 0.25) is 5.02 Å². The minimum absolute atomic E-state index is 0.0310. The van der Waals surface area contributed by atoms with Gasteiger partial charge < -0.3 is 15.4 Å². The first kappa shape index (κ1) is 18.7. The Morgan fingerprint density at radius 3 is 2.86 bits per heavy atom. The van der Waals surface area contributed by atoms with Crippen LogP contribution in [0.1, 0.15) is 0 Å². The zero-order valence-electron chi connectivity index (χ0n) is 15.0. The van der Waals surface area contributed by atoms with Crippen molar-refractivity contribution in [1.29, 1.82) is 0 Å². The number of ether oxygens (including phenoxy) is 1. The second kappa shape index (κ2) is 8.59. The normalized spacial score (nSPS) is 14.9. The van der Waals surface area contributed by atoms with Crippen LogP contribution < -0.4 is 10.6 Å². The molecule has 3 heterocycles. The smallest absolute Gasteiger partial charge is 0.223 e. The number of aromatic nitrogens is 4. The fourth-order valence-electron chi connectivity index (χ4n) is 2.89. The van der Waals surface area contributed by atoms with Crippen molar-refractivity contribution >= 4 is 40.1 Å². The van der Waals surface area contributed by atoms with Gasteiger partial charge in [0.15, 0.2) is 5.82 Å². The average Bonchev–Trinajstić information content (AvgIpc) is 2.72. The third kappa shape index (κ3) is 4.44. The molecule has 1 aliphatic rings. The number of fused-ring (bicyclic) bond motifs is 1. The van der Waals surface area contributed by atoms with Gasteiger partial charge in [0.25, 0.3) is 0 Å². The molecular weight excluding hydrogens is 385 g/mol. The minimum Gasteiger partial charge on any atom is -0.379 e. The number of nitrogens with zero attached hydrogens (tertiary/aromatic N) is 5. The van der Waals surface area contributed by atoms with Gasteiger partial charge >= 0.3 is 0 Å². The van der Waals surface area contributed by atoms with Crippen LogP contribution in [0.4, 0.5) is 21.8 Å². The monoisotopic (exact) mass is 403 g/mol. The van der Waals surface area contributed by atoms with Crippen molar-refractivity contribution < 1.29 is 9.13 Å². The molecule has 0 atom stereocenters. The Morgan fingerprint density at radius 2 is 2.04 bits per heavy atom.